The van der Waals surface area contributed by atoms with E-state index in [0.29, 0.717) is 25.2 Å². The average molecular weight is 340 g/mol. The van der Waals surface area contributed by atoms with E-state index in [0.717, 1.165) is 6.42 Å². The predicted octanol–water partition coefficient (Wildman–Crippen LogP) is 2.40. The van der Waals surface area contributed by atoms with E-state index < -0.39 is 37.2 Å². The quantitative estimate of drug-likeness (QED) is 0.855. The lowest BCUT2D eigenvalue weighted by Crippen LogP contribution is -2.20. The van der Waals surface area contributed by atoms with Crippen LogP contribution < -0.4 is 5.32 Å². The van der Waals surface area contributed by atoms with Crippen molar-refractivity contribution in [2.75, 3.05) is 11.9 Å². The summed E-state index contributed by atoms with van der Waals surface area (Å²) in [5.41, 5.74) is -0.706. The Morgan fingerprint density at radius 2 is 2.00 bits per heavy atom. The van der Waals surface area contributed by atoms with E-state index in [4.69, 9.17) is 15.4 Å². The van der Waals surface area contributed by atoms with E-state index in [9.17, 15) is 22.0 Å². The van der Waals surface area contributed by atoms with E-state index in [-0.39, 0.29) is 12.5 Å². The maximum absolute atomic E-state index is 13.7. The van der Waals surface area contributed by atoms with Crippen LogP contribution in [0.2, 0.25) is 0 Å². The molecule has 1 atom stereocenters. The van der Waals surface area contributed by atoms with Crippen LogP contribution in [0.25, 0.3) is 0 Å². The van der Waals surface area contributed by atoms with Crippen molar-refractivity contribution < 1.29 is 26.7 Å². The molecule has 1 saturated heterocycles. The summed E-state index contributed by atoms with van der Waals surface area (Å²) in [4.78, 5) is 11.0. The Kier molecular flexibility index (Phi) is 4.80. The zero-order chi connectivity index (χ0) is 15.6. The molecule has 0 bridgehead atoms. The number of amides is 1. The maximum Gasteiger partial charge on any atom is 0.261 e. The minimum Gasteiger partial charge on any atom is -0.378 e. The molecule has 0 spiro atoms. The molecule has 0 radical (unpaired) electrons. The molecule has 1 aliphatic rings. The molecule has 0 aliphatic carbocycles. The third-order valence-corrected chi connectivity index (χ3v) is 4.33. The van der Waals surface area contributed by atoms with Crippen LogP contribution >= 0.6 is 10.7 Å². The van der Waals surface area contributed by atoms with Gasteiger partial charge in [-0.3, -0.25) is 4.79 Å². The van der Waals surface area contributed by atoms with E-state index in [1.54, 1.807) is 0 Å². The van der Waals surface area contributed by atoms with Gasteiger partial charge in [0.2, 0.25) is 5.91 Å². The molecule has 5 nitrogen and oxygen atoms in total. The van der Waals surface area contributed by atoms with Gasteiger partial charge < -0.3 is 10.1 Å². The van der Waals surface area contributed by atoms with Gasteiger partial charge in [-0.05, 0) is 25.0 Å². The molecule has 1 heterocycles. The number of anilines is 1. The van der Waals surface area contributed by atoms with Crippen LogP contribution in [0.3, 0.4) is 0 Å². The lowest BCUT2D eigenvalue weighted by Gasteiger charge is -2.11. The number of halogens is 3. The largest absolute Gasteiger partial charge is 0.378 e. The van der Waals surface area contributed by atoms with Crippen molar-refractivity contribution in [2.45, 2.75) is 30.3 Å². The molecule has 2 rings (SSSR count). The van der Waals surface area contributed by atoms with Gasteiger partial charge in [0.15, 0.2) is 11.6 Å². The Hall–Kier alpha value is -1.25. The van der Waals surface area contributed by atoms with Crippen molar-refractivity contribution in [3.63, 3.8) is 0 Å². The average Bonchev–Trinajstić information content (AvgIpc) is 2.85. The fourth-order valence-electron chi connectivity index (χ4n) is 2.01. The zero-order valence-electron chi connectivity index (χ0n) is 10.7. The maximum atomic E-state index is 13.7. The van der Waals surface area contributed by atoms with Crippen LogP contribution in [0.1, 0.15) is 19.3 Å². The van der Waals surface area contributed by atoms with Gasteiger partial charge in [-0.15, -0.1) is 0 Å². The number of nitrogens with one attached hydrogen (secondary N) is 1. The Morgan fingerprint density at radius 1 is 1.38 bits per heavy atom. The van der Waals surface area contributed by atoms with Crippen molar-refractivity contribution in [2.24, 2.45) is 0 Å². The summed E-state index contributed by atoms with van der Waals surface area (Å²) in [6.07, 6.45) is 1.26. The fourth-order valence-corrected chi connectivity index (χ4v) is 2.77. The number of hydrogen-bond acceptors (Lipinski definition) is 4. The molecule has 21 heavy (non-hydrogen) atoms. The highest BCUT2D eigenvalue weighted by Crippen LogP contribution is 2.26. The highest BCUT2D eigenvalue weighted by molar-refractivity contribution is 8.13. The second-order valence-corrected chi connectivity index (χ2v) is 7.15. The van der Waals surface area contributed by atoms with Gasteiger partial charge in [0.1, 0.15) is 5.69 Å². The predicted molar refractivity (Wildman–Crippen MR) is 71.6 cm³/mol. The smallest absolute Gasteiger partial charge is 0.261 e. The molecule has 116 valence electrons. The number of carbonyl (C=O) groups is 1. The summed E-state index contributed by atoms with van der Waals surface area (Å²) in [6, 6.07) is 1.10. The molecule has 1 aromatic rings. The van der Waals surface area contributed by atoms with Gasteiger partial charge in [0.25, 0.3) is 9.05 Å². The van der Waals surface area contributed by atoms with E-state index in [1.165, 1.54) is 0 Å². The SMILES string of the molecule is O=C(CC1CCCO1)Nc1c(F)cc(S(=O)(=O)Cl)cc1F. The highest BCUT2D eigenvalue weighted by Gasteiger charge is 2.22. The van der Waals surface area contributed by atoms with Gasteiger partial charge in [0, 0.05) is 17.3 Å². The van der Waals surface area contributed by atoms with Crippen LogP contribution in [-0.4, -0.2) is 27.0 Å². The Balaban J connectivity index is 2.14. The molecule has 0 saturated carbocycles. The van der Waals surface area contributed by atoms with Gasteiger partial charge >= 0.3 is 0 Å². The molecule has 1 aromatic carbocycles. The number of rotatable bonds is 4. The van der Waals surface area contributed by atoms with Crippen molar-refractivity contribution in [3.05, 3.63) is 23.8 Å². The summed E-state index contributed by atoms with van der Waals surface area (Å²) in [5, 5.41) is 2.08. The molecular formula is C12H12ClF2NO4S. The fraction of sp³-hybridized carbons (Fsp3) is 0.417. The number of benzene rings is 1. The van der Waals surface area contributed by atoms with E-state index >= 15 is 0 Å². The van der Waals surface area contributed by atoms with Gasteiger partial charge in [-0.1, -0.05) is 0 Å². The second kappa shape index (κ2) is 6.25. The topological polar surface area (TPSA) is 72.5 Å². The summed E-state index contributed by atoms with van der Waals surface area (Å²) in [7, 11) is 0.757. The minimum absolute atomic E-state index is 0.0194. The van der Waals surface area contributed by atoms with Crippen molar-refractivity contribution in [3.8, 4) is 0 Å². The van der Waals surface area contributed by atoms with Crippen LogP contribution in [0.5, 0.6) is 0 Å². The van der Waals surface area contributed by atoms with Crippen LogP contribution in [0.15, 0.2) is 17.0 Å². The van der Waals surface area contributed by atoms with Crippen molar-refractivity contribution in [1.82, 2.24) is 0 Å². The second-order valence-electron chi connectivity index (χ2n) is 4.59. The normalized spacial score (nSPS) is 18.7. The lowest BCUT2D eigenvalue weighted by molar-refractivity contribution is -0.118. The van der Waals surface area contributed by atoms with Crippen LogP contribution in [0.4, 0.5) is 14.5 Å². The van der Waals surface area contributed by atoms with Crippen LogP contribution in [-0.2, 0) is 18.6 Å². The van der Waals surface area contributed by atoms with Gasteiger partial charge in [-0.2, -0.15) is 0 Å². The Labute approximate surface area is 124 Å². The van der Waals surface area contributed by atoms with Crippen molar-refractivity contribution >= 4 is 31.3 Å². The van der Waals surface area contributed by atoms with Gasteiger partial charge in [-0.25, -0.2) is 17.2 Å². The summed E-state index contributed by atoms with van der Waals surface area (Å²) in [6.45, 7) is 0.558. The molecule has 1 N–H and O–H groups in total. The highest BCUT2D eigenvalue weighted by atomic mass is 35.7. The van der Waals surface area contributed by atoms with Gasteiger partial charge in [0.05, 0.1) is 17.4 Å². The van der Waals surface area contributed by atoms with E-state index in [2.05, 4.69) is 5.32 Å². The van der Waals surface area contributed by atoms with Crippen LogP contribution in [0, 0.1) is 11.6 Å². The summed E-state index contributed by atoms with van der Waals surface area (Å²) >= 11 is 0. The standard InChI is InChI=1S/C12H12ClF2NO4S/c13-21(18,19)8-5-9(14)12(10(15)6-8)16-11(17)4-7-2-1-3-20-7/h5-7H,1-4H2,(H,16,17). The summed E-state index contributed by atoms with van der Waals surface area (Å²) in [5.74, 6) is -3.04. The first-order valence-electron chi connectivity index (χ1n) is 6.12. The zero-order valence-corrected chi connectivity index (χ0v) is 12.3. The Bertz CT molecular complexity index is 636. The first-order valence-corrected chi connectivity index (χ1v) is 8.43. The molecule has 1 fully saturated rings. The Morgan fingerprint density at radius 3 is 2.48 bits per heavy atom. The third kappa shape index (κ3) is 4.12. The number of hydrogen-bond donors (Lipinski definition) is 1. The summed E-state index contributed by atoms with van der Waals surface area (Å²) < 4.78 is 54.7. The molecule has 0 aromatic heterocycles. The molecule has 1 unspecified atom stereocenters. The first-order chi connectivity index (χ1) is 9.77. The molecule has 9 heteroatoms. The van der Waals surface area contributed by atoms with Crippen molar-refractivity contribution in [1.29, 1.82) is 0 Å². The third-order valence-electron chi connectivity index (χ3n) is 3.00. The molecule has 1 amide bonds. The first kappa shape index (κ1) is 16.1. The molecule has 1 aliphatic heterocycles. The number of ether oxygens (including phenoxy) is 1. The minimum atomic E-state index is -4.25. The molecular weight excluding hydrogens is 328 g/mol. The van der Waals surface area contributed by atoms with E-state index in [1.807, 2.05) is 0 Å². The lowest BCUT2D eigenvalue weighted by atomic mass is 10.1. The monoisotopic (exact) mass is 339 g/mol. The number of carbonyl (C=O) groups excluding carboxylic acids is 1.